The molecule has 1 aromatic heterocycles. The van der Waals surface area contributed by atoms with E-state index >= 15 is 0 Å². The van der Waals surface area contributed by atoms with Crippen LogP contribution in [0, 0.1) is 0 Å². The lowest BCUT2D eigenvalue weighted by atomic mass is 10.1. The number of hydrogen-bond donors (Lipinski definition) is 1. The Bertz CT molecular complexity index is 1090. The molecule has 0 aliphatic carbocycles. The molecule has 126 valence electrons. The molecular weight excluding hydrogens is 340 g/mol. The van der Waals surface area contributed by atoms with Crippen molar-refractivity contribution in [3.63, 3.8) is 0 Å². The van der Waals surface area contributed by atoms with Gasteiger partial charge in [0, 0.05) is 11.6 Å². The van der Waals surface area contributed by atoms with E-state index in [0.29, 0.717) is 40.5 Å². The molecule has 0 bridgehead atoms. The van der Waals surface area contributed by atoms with Gasteiger partial charge < -0.3 is 9.84 Å². The van der Waals surface area contributed by atoms with Crippen LogP contribution in [-0.4, -0.2) is 21.8 Å². The first-order valence-corrected chi connectivity index (χ1v) is 8.22. The van der Waals surface area contributed by atoms with Crippen molar-refractivity contribution in [3.05, 3.63) is 63.2 Å². The van der Waals surface area contributed by atoms with Gasteiger partial charge in [0.2, 0.25) is 0 Å². The normalized spacial score (nSPS) is 14.9. The third-order valence-electron chi connectivity index (χ3n) is 4.35. The number of ether oxygens (including phenoxy) is 1. The lowest BCUT2D eigenvalue weighted by Gasteiger charge is -2.06. The van der Waals surface area contributed by atoms with E-state index in [9.17, 15) is 9.90 Å². The number of methoxy groups -OCH3 is 1. The van der Waals surface area contributed by atoms with Gasteiger partial charge in [-0.15, -0.1) is 0 Å². The van der Waals surface area contributed by atoms with Gasteiger partial charge in [0.15, 0.2) is 11.5 Å². The van der Waals surface area contributed by atoms with Gasteiger partial charge in [0.25, 0.3) is 5.56 Å². The largest absolute Gasteiger partial charge is 0.504 e. The van der Waals surface area contributed by atoms with Crippen molar-refractivity contribution in [2.24, 2.45) is 0 Å². The van der Waals surface area contributed by atoms with E-state index in [1.807, 2.05) is 12.1 Å². The maximum Gasteiger partial charge on any atom is 0.261 e. The maximum absolute atomic E-state index is 12.7. The Labute approximate surface area is 148 Å². The van der Waals surface area contributed by atoms with E-state index in [1.54, 1.807) is 34.9 Å². The first-order valence-electron chi connectivity index (χ1n) is 7.85. The SMILES string of the molecule is COc1ccc(/C=C2\CCn3c2nc2ccc(Cl)cc2c3=O)cc1O. The summed E-state index contributed by atoms with van der Waals surface area (Å²) in [6, 6.07) is 10.3. The van der Waals surface area contributed by atoms with E-state index in [-0.39, 0.29) is 11.3 Å². The van der Waals surface area contributed by atoms with Gasteiger partial charge in [-0.1, -0.05) is 17.7 Å². The van der Waals surface area contributed by atoms with Crippen LogP contribution in [-0.2, 0) is 6.54 Å². The smallest absolute Gasteiger partial charge is 0.261 e. The second-order valence-corrected chi connectivity index (χ2v) is 6.34. The van der Waals surface area contributed by atoms with Gasteiger partial charge in [-0.3, -0.25) is 9.36 Å². The molecule has 25 heavy (non-hydrogen) atoms. The molecule has 6 heteroatoms. The van der Waals surface area contributed by atoms with Gasteiger partial charge >= 0.3 is 0 Å². The Balaban J connectivity index is 1.84. The number of aromatic nitrogens is 2. The fourth-order valence-corrected chi connectivity index (χ4v) is 3.30. The summed E-state index contributed by atoms with van der Waals surface area (Å²) < 4.78 is 6.73. The molecule has 4 rings (SSSR count). The maximum atomic E-state index is 12.7. The average molecular weight is 355 g/mol. The molecule has 1 aliphatic heterocycles. The fourth-order valence-electron chi connectivity index (χ4n) is 3.12. The van der Waals surface area contributed by atoms with Crippen molar-refractivity contribution >= 4 is 34.2 Å². The zero-order chi connectivity index (χ0) is 17.6. The molecule has 2 heterocycles. The number of benzene rings is 2. The minimum Gasteiger partial charge on any atom is -0.504 e. The second kappa shape index (κ2) is 5.93. The lowest BCUT2D eigenvalue weighted by Crippen LogP contribution is -2.20. The molecule has 0 unspecified atom stereocenters. The van der Waals surface area contributed by atoms with Gasteiger partial charge in [0.05, 0.1) is 18.0 Å². The molecule has 0 atom stereocenters. The highest BCUT2D eigenvalue weighted by molar-refractivity contribution is 6.31. The van der Waals surface area contributed by atoms with E-state index < -0.39 is 0 Å². The molecule has 0 spiro atoms. The number of hydrogen-bond acceptors (Lipinski definition) is 4. The summed E-state index contributed by atoms with van der Waals surface area (Å²) in [5.74, 6) is 1.16. The first-order chi connectivity index (χ1) is 12.1. The molecule has 1 N–H and O–H groups in total. The number of allylic oxidation sites excluding steroid dienone is 1. The van der Waals surface area contributed by atoms with Crippen LogP contribution in [0.15, 0.2) is 41.2 Å². The molecular formula is C19H15ClN2O3. The van der Waals surface area contributed by atoms with Gasteiger partial charge in [0.1, 0.15) is 5.82 Å². The summed E-state index contributed by atoms with van der Waals surface area (Å²) in [5, 5.41) is 11.0. The molecule has 0 amide bonds. The molecule has 3 aromatic rings. The number of nitrogens with zero attached hydrogens (tertiary/aromatic N) is 2. The van der Waals surface area contributed by atoms with Crippen LogP contribution in [0.1, 0.15) is 17.8 Å². The predicted molar refractivity (Wildman–Crippen MR) is 98.2 cm³/mol. The van der Waals surface area contributed by atoms with E-state index in [4.69, 9.17) is 16.3 Å². The lowest BCUT2D eigenvalue weighted by molar-refractivity contribution is 0.373. The minimum atomic E-state index is -0.0801. The minimum absolute atomic E-state index is 0.0772. The number of fused-ring (bicyclic) bond motifs is 2. The molecule has 2 aromatic carbocycles. The summed E-state index contributed by atoms with van der Waals surface area (Å²) in [4.78, 5) is 17.3. The second-order valence-electron chi connectivity index (χ2n) is 5.90. The average Bonchev–Trinajstić information content (AvgIpc) is 2.99. The molecule has 5 nitrogen and oxygen atoms in total. The monoisotopic (exact) mass is 354 g/mol. The highest BCUT2D eigenvalue weighted by Crippen LogP contribution is 2.31. The Morgan fingerprint density at radius 1 is 1.28 bits per heavy atom. The molecule has 0 radical (unpaired) electrons. The van der Waals surface area contributed by atoms with E-state index in [0.717, 1.165) is 11.1 Å². The number of rotatable bonds is 2. The molecule has 0 saturated carbocycles. The Morgan fingerprint density at radius 2 is 2.12 bits per heavy atom. The number of phenols is 1. The van der Waals surface area contributed by atoms with Crippen LogP contribution >= 0.6 is 11.6 Å². The van der Waals surface area contributed by atoms with Crippen LogP contribution in [0.2, 0.25) is 5.02 Å². The van der Waals surface area contributed by atoms with Gasteiger partial charge in [-0.05, 0) is 54.0 Å². The third kappa shape index (κ3) is 2.66. The summed E-state index contributed by atoms with van der Waals surface area (Å²) in [7, 11) is 1.51. The predicted octanol–water partition coefficient (Wildman–Crippen LogP) is 3.71. The van der Waals surface area contributed by atoms with Crippen LogP contribution in [0.4, 0.5) is 0 Å². The van der Waals surface area contributed by atoms with Crippen molar-refractivity contribution in [1.29, 1.82) is 0 Å². The van der Waals surface area contributed by atoms with Crippen molar-refractivity contribution < 1.29 is 9.84 Å². The van der Waals surface area contributed by atoms with E-state index in [2.05, 4.69) is 4.98 Å². The zero-order valence-electron chi connectivity index (χ0n) is 13.5. The quantitative estimate of drug-likeness (QED) is 0.762. The highest BCUT2D eigenvalue weighted by atomic mass is 35.5. The summed E-state index contributed by atoms with van der Waals surface area (Å²) in [6.07, 6.45) is 2.64. The van der Waals surface area contributed by atoms with Crippen molar-refractivity contribution in [1.82, 2.24) is 9.55 Å². The Morgan fingerprint density at radius 3 is 2.88 bits per heavy atom. The van der Waals surface area contributed by atoms with Gasteiger partial charge in [-0.25, -0.2) is 4.98 Å². The van der Waals surface area contributed by atoms with Crippen LogP contribution in [0.3, 0.4) is 0 Å². The topological polar surface area (TPSA) is 64.4 Å². The molecule has 0 fully saturated rings. The summed E-state index contributed by atoms with van der Waals surface area (Å²) >= 11 is 6.00. The van der Waals surface area contributed by atoms with Crippen LogP contribution in [0.5, 0.6) is 11.5 Å². The summed E-state index contributed by atoms with van der Waals surface area (Å²) in [5.41, 5.74) is 2.33. The molecule has 1 aliphatic rings. The first kappa shape index (κ1) is 15.7. The molecule has 0 saturated heterocycles. The van der Waals surface area contributed by atoms with E-state index in [1.165, 1.54) is 7.11 Å². The Hall–Kier alpha value is -2.79. The summed E-state index contributed by atoms with van der Waals surface area (Å²) in [6.45, 7) is 0.581. The zero-order valence-corrected chi connectivity index (χ0v) is 14.2. The number of halogens is 1. The van der Waals surface area contributed by atoms with Gasteiger partial charge in [-0.2, -0.15) is 0 Å². The van der Waals surface area contributed by atoms with Crippen molar-refractivity contribution in [3.8, 4) is 11.5 Å². The number of phenolic OH excluding ortho intramolecular Hbond substituents is 1. The third-order valence-corrected chi connectivity index (χ3v) is 4.59. The standard InChI is InChI=1S/C19H15ClN2O3/c1-25-17-5-2-11(9-16(17)23)8-12-6-7-22-18(12)21-15-4-3-13(20)10-14(15)19(22)24/h2-5,8-10,23H,6-7H2,1H3/b12-8+. The Kier molecular flexibility index (Phi) is 3.73. The highest BCUT2D eigenvalue weighted by Gasteiger charge is 2.21. The fraction of sp³-hybridized carbons (Fsp3) is 0.158. The van der Waals surface area contributed by atoms with Crippen LogP contribution < -0.4 is 10.3 Å². The van der Waals surface area contributed by atoms with Crippen molar-refractivity contribution in [2.75, 3.05) is 7.11 Å². The van der Waals surface area contributed by atoms with Crippen LogP contribution in [0.25, 0.3) is 22.6 Å². The van der Waals surface area contributed by atoms with Crippen molar-refractivity contribution in [2.45, 2.75) is 13.0 Å². The number of aromatic hydroxyl groups is 1.